The minimum absolute atomic E-state index is 0. The Kier molecular flexibility index (Phi) is 14.6. The minimum atomic E-state index is -0.170. The van der Waals surface area contributed by atoms with Crippen LogP contribution >= 0.6 is 0 Å². The molecule has 0 fully saturated rings. The van der Waals surface area contributed by atoms with Gasteiger partial charge in [-0.15, -0.1) is 11.1 Å². The molecule has 0 bridgehead atoms. The molecule has 0 nitrogen and oxygen atoms in total. The van der Waals surface area contributed by atoms with Crippen molar-refractivity contribution in [2.75, 3.05) is 0 Å². The monoisotopic (exact) mass is 680 g/mol. The maximum absolute atomic E-state index is 12.2. The smallest absolute Gasteiger partial charge is 1.00 e. The van der Waals surface area contributed by atoms with Gasteiger partial charge in [-0.05, 0) is 28.4 Å². The molecule has 0 radical (unpaired) electrons. The van der Waals surface area contributed by atoms with Crippen molar-refractivity contribution < 1.29 is 53.4 Å². The van der Waals surface area contributed by atoms with Crippen molar-refractivity contribution in [1.29, 1.82) is 0 Å². The molecule has 5 rings (SSSR count). The van der Waals surface area contributed by atoms with Crippen LogP contribution in [0, 0.1) is 29.8 Å². The predicted octanol–water partition coefficient (Wildman–Crippen LogP) is 4.15. The van der Waals surface area contributed by atoms with Crippen molar-refractivity contribution in [2.24, 2.45) is 11.8 Å². The van der Waals surface area contributed by atoms with Gasteiger partial charge in [0.15, 0.2) is 0 Å². The van der Waals surface area contributed by atoms with E-state index in [0.29, 0.717) is 11.8 Å². The first-order valence-corrected chi connectivity index (χ1v) is 15.8. The van der Waals surface area contributed by atoms with E-state index in [-0.39, 0.29) is 41.5 Å². The number of hydrogen-bond donors (Lipinski definition) is 0. The molecule has 0 spiro atoms. The fourth-order valence-corrected chi connectivity index (χ4v) is 5.55. The van der Waals surface area contributed by atoms with Crippen molar-refractivity contribution >= 4 is 3.71 Å². The SMILES string of the molecule is CC(C)(C)c1[c-]c2c(cc1)-c1ccc(C(C)(C)C)cc1C2.CC1=[C-]C(C)C=C1C(C)C.Fc1ccc([CH]=[Zr+2])cc1.[Cl-].[Cl-]. The van der Waals surface area contributed by atoms with Gasteiger partial charge in [-0.2, -0.15) is 35.4 Å². The van der Waals surface area contributed by atoms with Crippen LogP contribution in [-0.4, -0.2) is 3.71 Å². The molecule has 3 aromatic rings. The zero-order chi connectivity index (χ0) is 29.8. The number of benzene rings is 3. The van der Waals surface area contributed by atoms with Gasteiger partial charge in [0.2, 0.25) is 0 Å². The van der Waals surface area contributed by atoms with Gasteiger partial charge in [0, 0.05) is 0 Å². The Bertz CT molecular complexity index is 1340. The molecule has 0 amide bonds. The van der Waals surface area contributed by atoms with Gasteiger partial charge in [-0.1, -0.05) is 105 Å². The van der Waals surface area contributed by atoms with Gasteiger partial charge in [-0.25, -0.2) is 5.57 Å². The minimum Gasteiger partial charge on any atom is -1.00 e. The molecular formula is C38H45Cl2FZr-2. The molecule has 0 N–H and O–H groups in total. The molecule has 0 heterocycles. The van der Waals surface area contributed by atoms with Crippen LogP contribution in [0.15, 0.2) is 71.8 Å². The van der Waals surface area contributed by atoms with Crippen molar-refractivity contribution in [1.82, 2.24) is 0 Å². The van der Waals surface area contributed by atoms with Crippen LogP contribution in [0.5, 0.6) is 0 Å². The summed E-state index contributed by atoms with van der Waals surface area (Å²) in [5, 5.41) is 0. The van der Waals surface area contributed by atoms with E-state index in [1.54, 1.807) is 12.1 Å². The zero-order valence-electron chi connectivity index (χ0n) is 26.8. The molecule has 0 saturated heterocycles. The molecular weight excluding hydrogens is 638 g/mol. The zero-order valence-corrected chi connectivity index (χ0v) is 30.8. The fraction of sp³-hybridized carbons (Fsp3) is 0.395. The van der Waals surface area contributed by atoms with Crippen LogP contribution in [0.25, 0.3) is 11.1 Å². The second-order valence-corrected chi connectivity index (χ2v) is 14.1. The van der Waals surface area contributed by atoms with E-state index >= 15 is 0 Å². The Morgan fingerprint density at radius 3 is 1.93 bits per heavy atom. The maximum Gasteiger partial charge on any atom is -1.00 e. The van der Waals surface area contributed by atoms with E-state index in [1.807, 2.05) is 3.71 Å². The summed E-state index contributed by atoms with van der Waals surface area (Å²) in [4.78, 5) is 0. The predicted molar refractivity (Wildman–Crippen MR) is 167 cm³/mol. The molecule has 4 heteroatoms. The van der Waals surface area contributed by atoms with Gasteiger partial charge in [0.1, 0.15) is 0 Å². The number of fused-ring (bicyclic) bond motifs is 3. The second kappa shape index (κ2) is 15.9. The van der Waals surface area contributed by atoms with Crippen LogP contribution < -0.4 is 24.8 Å². The van der Waals surface area contributed by atoms with Crippen LogP contribution in [0.4, 0.5) is 4.39 Å². The summed E-state index contributed by atoms with van der Waals surface area (Å²) in [6, 6.07) is 21.6. The quantitative estimate of drug-likeness (QED) is 0.279. The second-order valence-electron chi connectivity index (χ2n) is 13.3. The van der Waals surface area contributed by atoms with E-state index in [2.05, 4.69) is 118 Å². The third kappa shape index (κ3) is 10.2. The molecule has 3 aromatic carbocycles. The van der Waals surface area contributed by atoms with E-state index < -0.39 is 0 Å². The summed E-state index contributed by atoms with van der Waals surface area (Å²) < 4.78 is 14.2. The van der Waals surface area contributed by atoms with Crippen LogP contribution in [-0.2, 0) is 41.5 Å². The first-order valence-electron chi connectivity index (χ1n) is 14.4. The molecule has 224 valence electrons. The number of hydrogen-bond acceptors (Lipinski definition) is 0. The van der Waals surface area contributed by atoms with Crippen molar-refractivity contribution in [3.63, 3.8) is 0 Å². The van der Waals surface area contributed by atoms with E-state index in [9.17, 15) is 4.39 Å². The van der Waals surface area contributed by atoms with Gasteiger partial charge in [0.25, 0.3) is 0 Å². The van der Waals surface area contributed by atoms with Crippen molar-refractivity contribution in [3.05, 3.63) is 118 Å². The molecule has 1 atom stereocenters. The summed E-state index contributed by atoms with van der Waals surface area (Å²) in [6.45, 7) is 22.4. The molecule has 0 aliphatic heterocycles. The largest absolute Gasteiger partial charge is 1.00 e. The summed E-state index contributed by atoms with van der Waals surface area (Å²) >= 11 is 1.34. The summed E-state index contributed by atoms with van der Waals surface area (Å²) in [6.07, 6.45) is 6.70. The first kappa shape index (κ1) is 38.4. The Labute approximate surface area is 282 Å². The van der Waals surface area contributed by atoms with Gasteiger partial charge in [-0.3, -0.25) is 6.08 Å². The third-order valence-corrected chi connectivity index (χ3v) is 8.25. The summed E-state index contributed by atoms with van der Waals surface area (Å²) in [5.41, 5.74) is 12.6. The van der Waals surface area contributed by atoms with Gasteiger partial charge in [0.05, 0.1) is 0 Å². The summed E-state index contributed by atoms with van der Waals surface area (Å²) in [7, 11) is 0. The van der Waals surface area contributed by atoms with Gasteiger partial charge < -0.3 is 24.8 Å². The number of rotatable bonds is 2. The molecule has 0 saturated carbocycles. The van der Waals surface area contributed by atoms with Crippen LogP contribution in [0.3, 0.4) is 0 Å². The van der Waals surface area contributed by atoms with Crippen LogP contribution in [0.2, 0.25) is 0 Å². The molecule has 1 unspecified atom stereocenters. The molecule has 0 aromatic heterocycles. The number of allylic oxidation sites excluding steroid dienone is 4. The standard InChI is InChI=1S/C21H25.C10H15.C7H5F.2ClH.Zr/c1-20(2,3)16-7-9-18-14(12-16)11-15-13-17(21(4,5)6)8-10-19(15)18;1-7(2)10-6-8(3)5-9(10)4;1-6-2-4-7(8)5-3-6;;;/h7-10,12H,11H2,1-6H3;6-8H,1-4H3;1-5H;2*1H;/q2*-1;;;;+2/p-2. The van der Waals surface area contributed by atoms with E-state index in [0.717, 1.165) is 12.0 Å². The summed E-state index contributed by atoms with van der Waals surface area (Å²) in [5.74, 6) is 1.03. The Morgan fingerprint density at radius 2 is 1.48 bits per heavy atom. The fourth-order valence-electron chi connectivity index (χ4n) is 5.07. The van der Waals surface area contributed by atoms with E-state index in [1.165, 1.54) is 80.9 Å². The first-order chi connectivity index (χ1) is 18.6. The molecule has 2 aliphatic rings. The maximum atomic E-state index is 12.2. The van der Waals surface area contributed by atoms with Crippen molar-refractivity contribution in [2.45, 2.75) is 86.5 Å². The van der Waals surface area contributed by atoms with Crippen LogP contribution in [0.1, 0.15) is 97.1 Å². The Morgan fingerprint density at radius 1 is 0.881 bits per heavy atom. The van der Waals surface area contributed by atoms with Crippen molar-refractivity contribution in [3.8, 4) is 11.1 Å². The molecule has 2 aliphatic carbocycles. The van der Waals surface area contributed by atoms with Gasteiger partial charge >= 0.3 is 68.0 Å². The average Bonchev–Trinajstić information content (AvgIpc) is 3.42. The Hall–Kier alpha value is -1.60. The van der Waals surface area contributed by atoms with E-state index in [4.69, 9.17) is 0 Å². The molecule has 42 heavy (non-hydrogen) atoms. The normalized spacial score (nSPS) is 15.0. The third-order valence-electron chi connectivity index (χ3n) is 7.43. The Balaban J connectivity index is 0.000000353. The average molecular weight is 683 g/mol. The number of halogens is 3. The topological polar surface area (TPSA) is 0 Å².